The van der Waals surface area contributed by atoms with Gasteiger partial charge in [0.1, 0.15) is 17.4 Å². The number of aryl methyl sites for hydroxylation is 3. The molecule has 0 spiro atoms. The van der Waals surface area contributed by atoms with Crippen LogP contribution in [0.5, 0.6) is 0 Å². The van der Waals surface area contributed by atoms with Crippen LogP contribution in [0.15, 0.2) is 23.1 Å². The van der Waals surface area contributed by atoms with Gasteiger partial charge < -0.3 is 0 Å². The molecule has 0 aromatic carbocycles. The molecule has 0 amide bonds. The molecule has 0 bridgehead atoms. The highest BCUT2D eigenvalue weighted by molar-refractivity contribution is 7.82. The summed E-state index contributed by atoms with van der Waals surface area (Å²) in [6.07, 6.45) is 6.14. The van der Waals surface area contributed by atoms with E-state index in [1.165, 1.54) is 11.3 Å². The second kappa shape index (κ2) is 5.87. The van der Waals surface area contributed by atoms with Crippen LogP contribution >= 0.6 is 24.0 Å². The summed E-state index contributed by atoms with van der Waals surface area (Å²) < 4.78 is 4.89. The van der Waals surface area contributed by atoms with Crippen molar-refractivity contribution >= 4 is 24.0 Å². The summed E-state index contributed by atoms with van der Waals surface area (Å²) >= 11 is 5.43. The lowest BCUT2D eigenvalue weighted by Gasteiger charge is -1.81. The minimum Gasteiger partial charge on any atom is -0.240 e. The van der Waals surface area contributed by atoms with E-state index in [-0.39, 0.29) is 0 Å². The third kappa shape index (κ3) is 4.44. The average Bonchev–Trinajstić information content (AvgIpc) is 2.76. The number of imidazole rings is 1. The molecule has 0 atom stereocenters. The van der Waals surface area contributed by atoms with Gasteiger partial charge in [-0.1, -0.05) is 11.3 Å². The SMILES string of the molecule is CCn1cc[n+](C)c1.Cc1nnc(S)s1. The van der Waals surface area contributed by atoms with Gasteiger partial charge in [-0.2, -0.15) is 0 Å². The Hall–Kier alpha value is -0.880. The predicted octanol–water partition coefficient (Wildman–Crippen LogP) is 1.47. The third-order valence-electron chi connectivity index (χ3n) is 1.70. The van der Waals surface area contributed by atoms with Crippen molar-refractivity contribution < 1.29 is 4.57 Å². The predicted molar refractivity (Wildman–Crippen MR) is 63.2 cm³/mol. The van der Waals surface area contributed by atoms with Gasteiger partial charge in [0.05, 0.1) is 13.6 Å². The van der Waals surface area contributed by atoms with Gasteiger partial charge in [0.15, 0.2) is 4.34 Å². The summed E-state index contributed by atoms with van der Waals surface area (Å²) in [5.74, 6) is 0. The van der Waals surface area contributed by atoms with Gasteiger partial charge in [-0.3, -0.25) is 0 Å². The van der Waals surface area contributed by atoms with Crippen LogP contribution in [0.1, 0.15) is 11.9 Å². The number of hydrogen-bond acceptors (Lipinski definition) is 4. The molecule has 2 aromatic rings. The van der Waals surface area contributed by atoms with E-state index >= 15 is 0 Å². The Labute approximate surface area is 99.0 Å². The molecular weight excluding hydrogens is 228 g/mol. The van der Waals surface area contributed by atoms with Crippen molar-refractivity contribution in [2.75, 3.05) is 0 Å². The second-order valence-corrected chi connectivity index (χ2v) is 4.92. The zero-order valence-electron chi connectivity index (χ0n) is 9.08. The van der Waals surface area contributed by atoms with Gasteiger partial charge in [0.2, 0.25) is 6.33 Å². The molecule has 6 heteroatoms. The van der Waals surface area contributed by atoms with E-state index in [0.29, 0.717) is 0 Å². The number of hydrogen-bond donors (Lipinski definition) is 1. The number of rotatable bonds is 1. The lowest BCUT2D eigenvalue weighted by atomic mass is 10.7. The molecule has 0 N–H and O–H groups in total. The normalized spacial score (nSPS) is 9.60. The van der Waals surface area contributed by atoms with Crippen molar-refractivity contribution in [3.63, 3.8) is 0 Å². The Balaban J connectivity index is 0.000000151. The Kier molecular flexibility index (Phi) is 4.77. The van der Waals surface area contributed by atoms with Gasteiger partial charge in [0.25, 0.3) is 0 Å². The minimum atomic E-state index is 0.734. The van der Waals surface area contributed by atoms with E-state index < -0.39 is 0 Å². The zero-order valence-corrected chi connectivity index (χ0v) is 10.8. The zero-order chi connectivity index (χ0) is 11.3. The third-order valence-corrected chi connectivity index (χ3v) is 2.71. The molecular formula is C9H15N4S2+. The summed E-state index contributed by atoms with van der Waals surface area (Å²) in [6, 6.07) is 0. The average molecular weight is 243 g/mol. The number of aromatic nitrogens is 4. The maximum Gasteiger partial charge on any atom is 0.243 e. The van der Waals surface area contributed by atoms with Crippen molar-refractivity contribution in [2.45, 2.75) is 24.7 Å². The molecule has 2 heterocycles. The highest BCUT2D eigenvalue weighted by Gasteiger charge is 1.92. The number of nitrogens with zero attached hydrogens (tertiary/aromatic N) is 4. The van der Waals surface area contributed by atoms with E-state index in [1.54, 1.807) is 0 Å². The number of thiol groups is 1. The first-order chi connectivity index (χ1) is 7.11. The maximum atomic E-state index is 3.95. The van der Waals surface area contributed by atoms with Crippen LogP contribution in [0.4, 0.5) is 0 Å². The lowest BCUT2D eigenvalue weighted by molar-refractivity contribution is -0.671. The van der Waals surface area contributed by atoms with Crippen molar-refractivity contribution in [1.29, 1.82) is 0 Å². The van der Waals surface area contributed by atoms with Gasteiger partial charge in [-0.05, 0) is 13.8 Å². The minimum absolute atomic E-state index is 0.734. The summed E-state index contributed by atoms with van der Waals surface area (Å²) in [7, 11) is 2.02. The molecule has 0 aliphatic carbocycles. The summed E-state index contributed by atoms with van der Waals surface area (Å²) in [5.41, 5.74) is 0. The first-order valence-corrected chi connectivity index (χ1v) is 5.88. The first kappa shape index (κ1) is 12.2. The lowest BCUT2D eigenvalue weighted by Crippen LogP contribution is -2.23. The van der Waals surface area contributed by atoms with Gasteiger partial charge >= 0.3 is 0 Å². The molecule has 82 valence electrons. The molecule has 15 heavy (non-hydrogen) atoms. The molecule has 2 aromatic heterocycles. The second-order valence-electron chi connectivity index (χ2n) is 3.01. The van der Waals surface area contributed by atoms with E-state index in [4.69, 9.17) is 0 Å². The van der Waals surface area contributed by atoms with Crippen LogP contribution in [-0.4, -0.2) is 14.8 Å². The molecule has 4 nitrogen and oxygen atoms in total. The Morgan fingerprint density at radius 2 is 2.27 bits per heavy atom. The van der Waals surface area contributed by atoms with Crippen LogP contribution in [-0.2, 0) is 13.6 Å². The van der Waals surface area contributed by atoms with E-state index in [2.05, 4.69) is 46.8 Å². The summed E-state index contributed by atoms with van der Waals surface area (Å²) in [5, 5.41) is 8.32. The van der Waals surface area contributed by atoms with Gasteiger partial charge in [0, 0.05) is 0 Å². The van der Waals surface area contributed by atoms with Gasteiger partial charge in [-0.25, -0.2) is 9.13 Å². The van der Waals surface area contributed by atoms with Crippen LogP contribution in [0.2, 0.25) is 0 Å². The van der Waals surface area contributed by atoms with Crippen molar-refractivity contribution in [3.05, 3.63) is 23.7 Å². The fraction of sp³-hybridized carbons (Fsp3) is 0.444. The Morgan fingerprint density at radius 3 is 2.47 bits per heavy atom. The molecule has 0 saturated heterocycles. The van der Waals surface area contributed by atoms with Crippen LogP contribution in [0.25, 0.3) is 0 Å². The monoisotopic (exact) mass is 243 g/mol. The fourth-order valence-electron chi connectivity index (χ4n) is 0.975. The van der Waals surface area contributed by atoms with Crippen molar-refractivity contribution in [2.24, 2.45) is 7.05 Å². The summed E-state index contributed by atoms with van der Waals surface area (Å²) in [6.45, 7) is 5.08. The van der Waals surface area contributed by atoms with E-state index in [1.807, 2.05) is 24.7 Å². The summed E-state index contributed by atoms with van der Waals surface area (Å²) in [4.78, 5) is 0. The quantitative estimate of drug-likeness (QED) is 0.608. The first-order valence-electron chi connectivity index (χ1n) is 4.62. The molecule has 0 saturated carbocycles. The van der Waals surface area contributed by atoms with E-state index in [0.717, 1.165) is 15.9 Å². The van der Waals surface area contributed by atoms with Crippen LogP contribution < -0.4 is 4.57 Å². The van der Waals surface area contributed by atoms with Crippen LogP contribution in [0, 0.1) is 6.92 Å². The Morgan fingerprint density at radius 1 is 1.53 bits per heavy atom. The topological polar surface area (TPSA) is 34.6 Å². The molecule has 2 rings (SSSR count). The molecule has 0 fully saturated rings. The van der Waals surface area contributed by atoms with Crippen molar-refractivity contribution in [1.82, 2.24) is 14.8 Å². The van der Waals surface area contributed by atoms with Gasteiger partial charge in [-0.15, -0.1) is 22.8 Å². The largest absolute Gasteiger partial charge is 0.243 e. The molecule has 0 radical (unpaired) electrons. The Bertz CT molecular complexity index is 391. The van der Waals surface area contributed by atoms with Crippen molar-refractivity contribution in [3.8, 4) is 0 Å². The highest BCUT2D eigenvalue weighted by atomic mass is 32.2. The fourth-order valence-corrected chi connectivity index (χ4v) is 1.84. The van der Waals surface area contributed by atoms with Crippen LogP contribution in [0.3, 0.4) is 0 Å². The molecule has 0 aliphatic rings. The molecule has 0 unspecified atom stereocenters. The standard InChI is InChI=1S/C6H11N2.C3H4N2S2/c1-3-8-5-4-7(2)6-8;1-2-4-5-3(6)7-2/h4-6H,3H2,1-2H3;1H3,(H,5,6)/q+1;. The van der Waals surface area contributed by atoms with E-state index in [9.17, 15) is 0 Å². The molecule has 0 aliphatic heterocycles. The highest BCUT2D eigenvalue weighted by Crippen LogP contribution is 2.10. The smallest absolute Gasteiger partial charge is 0.240 e. The maximum absolute atomic E-state index is 3.95.